The second kappa shape index (κ2) is 15.4. The first-order valence-electron chi connectivity index (χ1n) is 11.4. The first kappa shape index (κ1) is 39.4. The van der Waals surface area contributed by atoms with Crippen molar-refractivity contribution in [3.63, 3.8) is 0 Å². The first-order chi connectivity index (χ1) is 19.5. The molecule has 3 heterocycles. The van der Waals surface area contributed by atoms with E-state index in [1.807, 2.05) is 0 Å². The molecule has 1 aliphatic heterocycles. The summed E-state index contributed by atoms with van der Waals surface area (Å²) in [5, 5.41) is 31.9. The van der Waals surface area contributed by atoms with E-state index in [1.54, 1.807) is 0 Å². The van der Waals surface area contributed by atoms with Gasteiger partial charge in [-0.1, -0.05) is 12.1 Å². The van der Waals surface area contributed by atoms with Crippen LogP contribution in [0, 0.1) is 10.1 Å². The summed E-state index contributed by atoms with van der Waals surface area (Å²) in [4.78, 5) is 56.1. The fourth-order valence-electron chi connectivity index (χ4n) is 3.88. The van der Waals surface area contributed by atoms with Crippen LogP contribution in [0.25, 0.3) is 11.2 Å². The maximum Gasteiger partial charge on any atom is 1.00 e. The predicted octanol–water partition coefficient (Wildman–Crippen LogP) is -6.19. The molecule has 230 valence electrons. The zero-order chi connectivity index (χ0) is 31.0. The van der Waals surface area contributed by atoms with Gasteiger partial charge in [-0.2, -0.15) is 0 Å². The van der Waals surface area contributed by atoms with Gasteiger partial charge in [0.1, 0.15) is 30.2 Å². The minimum absolute atomic E-state index is 0. The zero-order valence-corrected chi connectivity index (χ0v) is 29.6. The Morgan fingerprint density at radius 1 is 1.09 bits per heavy atom. The molecule has 0 radical (unpaired) electrons. The molecule has 8 atom stereocenters. The molecule has 0 aliphatic carbocycles. The van der Waals surface area contributed by atoms with E-state index in [0.717, 1.165) is 25.4 Å². The number of imidazole rings is 1. The van der Waals surface area contributed by atoms with Crippen molar-refractivity contribution in [2.24, 2.45) is 0 Å². The number of benzene rings is 1. The summed E-state index contributed by atoms with van der Waals surface area (Å²) in [6.07, 6.45) is -5.70. The number of hydrogen-bond acceptors (Lipinski definition) is 18. The van der Waals surface area contributed by atoms with Crippen molar-refractivity contribution in [2.45, 2.75) is 37.6 Å². The quantitative estimate of drug-likeness (QED) is 0.0591. The summed E-state index contributed by atoms with van der Waals surface area (Å²) in [7, 11) is -17.7. The van der Waals surface area contributed by atoms with E-state index >= 15 is 0 Å². The number of hydrogen-bond donors (Lipinski definition) is 4. The number of nitrogens with two attached hydrogens (primary N) is 1. The fourth-order valence-corrected chi connectivity index (χ4v) is 7.46. The van der Waals surface area contributed by atoms with Crippen LogP contribution in [0.3, 0.4) is 0 Å². The van der Waals surface area contributed by atoms with E-state index in [4.69, 9.17) is 10.5 Å². The third-order valence-electron chi connectivity index (χ3n) is 5.66. The van der Waals surface area contributed by atoms with Crippen molar-refractivity contribution >= 4 is 46.1 Å². The fraction of sp³-hybridized carbons (Fsp3) is 0.389. The number of para-hydroxylation sites is 1. The minimum Gasteiger partial charge on any atom is -0.756 e. The van der Waals surface area contributed by atoms with E-state index in [0.29, 0.717) is 0 Å². The molecule has 2 aromatic heterocycles. The molecule has 4 unspecified atom stereocenters. The smallest absolute Gasteiger partial charge is 0.756 e. The SMILES string of the molecule is CC(OP(=O)([O-])OP(=O)(O)OP(=O)([O-])OC[C@H]1O[C@@H](n2cnc3c(N)ncnc32)[C@H](O)[C@@H]1O)c1ccccc1[N+](=O)[O-].[Na+].[Na+]. The van der Waals surface area contributed by atoms with E-state index in [-0.39, 0.29) is 81.7 Å². The molecular weight excluding hydrogens is 679 g/mol. The van der Waals surface area contributed by atoms with Gasteiger partial charge in [-0.3, -0.25) is 23.8 Å². The zero-order valence-electron chi connectivity index (χ0n) is 23.0. The van der Waals surface area contributed by atoms with Crippen molar-refractivity contribution in [3.05, 3.63) is 52.6 Å². The molecule has 0 spiro atoms. The van der Waals surface area contributed by atoms with Gasteiger partial charge in [0.25, 0.3) is 21.3 Å². The van der Waals surface area contributed by atoms with Crippen LogP contribution in [0.5, 0.6) is 0 Å². The molecule has 26 heteroatoms. The van der Waals surface area contributed by atoms with Gasteiger partial charge in [-0.05, 0) is 13.0 Å². The van der Waals surface area contributed by atoms with E-state index in [2.05, 4.69) is 32.6 Å². The van der Waals surface area contributed by atoms with Gasteiger partial charge in [-0.15, -0.1) is 0 Å². The number of anilines is 1. The molecule has 1 aromatic carbocycles. The number of fused-ring (bicyclic) bond motifs is 1. The van der Waals surface area contributed by atoms with Gasteiger partial charge >= 0.3 is 66.9 Å². The number of ether oxygens (including phenoxy) is 1. The molecule has 0 saturated carbocycles. The van der Waals surface area contributed by atoms with Crippen LogP contribution in [0.2, 0.25) is 0 Å². The number of phosphoric acid groups is 3. The summed E-state index contributed by atoms with van der Waals surface area (Å²) < 4.78 is 59.9. The summed E-state index contributed by atoms with van der Waals surface area (Å²) in [6, 6.07) is 4.82. The Balaban J connectivity index is 0.00000337. The number of rotatable bonds is 12. The van der Waals surface area contributed by atoms with Gasteiger partial charge < -0.3 is 44.4 Å². The van der Waals surface area contributed by atoms with Crippen molar-refractivity contribution < 1.29 is 125 Å². The molecule has 4 rings (SSSR count). The molecule has 1 saturated heterocycles. The Labute approximate surface area is 291 Å². The number of nitro benzene ring substituents is 1. The molecule has 21 nitrogen and oxygen atoms in total. The predicted molar refractivity (Wildman–Crippen MR) is 131 cm³/mol. The van der Waals surface area contributed by atoms with Crippen LogP contribution >= 0.6 is 23.5 Å². The molecular formula is C18H21N6Na2O15P3. The van der Waals surface area contributed by atoms with Crippen molar-refractivity contribution in [2.75, 3.05) is 12.3 Å². The molecule has 5 N–H and O–H groups in total. The second-order valence-corrected chi connectivity index (χ2v) is 13.0. The minimum atomic E-state index is -6.01. The summed E-state index contributed by atoms with van der Waals surface area (Å²) >= 11 is 0. The summed E-state index contributed by atoms with van der Waals surface area (Å²) in [6.45, 7) is -0.0381. The number of phosphoric ester groups is 2. The third-order valence-corrected chi connectivity index (χ3v) is 9.95. The van der Waals surface area contributed by atoms with Crippen molar-refractivity contribution in [3.8, 4) is 0 Å². The van der Waals surface area contributed by atoms with E-state index in [1.165, 1.54) is 23.0 Å². The Hall–Kier alpha value is -0.740. The number of aromatic nitrogens is 4. The molecule has 44 heavy (non-hydrogen) atoms. The van der Waals surface area contributed by atoms with E-state index < -0.39 is 71.3 Å². The average Bonchev–Trinajstić information content (AvgIpc) is 3.42. The van der Waals surface area contributed by atoms with Gasteiger partial charge in [0.2, 0.25) is 0 Å². The topological polar surface area (TPSA) is 317 Å². The number of nitrogens with zero attached hydrogens (tertiary/aromatic N) is 5. The summed E-state index contributed by atoms with van der Waals surface area (Å²) in [5.41, 5.74) is 5.18. The molecule has 0 amide bonds. The molecule has 3 aromatic rings. The van der Waals surface area contributed by atoms with Gasteiger partial charge in [0.15, 0.2) is 17.7 Å². The number of nitrogen functional groups attached to an aromatic ring is 1. The normalized spacial score (nSPS) is 24.7. The Bertz CT molecular complexity index is 1630. The largest absolute Gasteiger partial charge is 1.00 e. The molecule has 1 aliphatic rings. The third kappa shape index (κ3) is 9.42. The Morgan fingerprint density at radius 3 is 2.39 bits per heavy atom. The maximum absolute atomic E-state index is 12.2. The second-order valence-electron chi connectivity index (χ2n) is 8.51. The van der Waals surface area contributed by atoms with Gasteiger partial charge in [0.05, 0.1) is 29.5 Å². The molecule has 1 fully saturated rings. The standard InChI is InChI=1S/C18H23N6O15P3.2Na/c1-9(10-4-2-3-5-11(10)24(27)28)37-41(31,32)39-42(33,34)38-40(29,30)35-6-12-14(25)15(26)18(36-12)23-8-22-13-16(19)20-7-21-17(13)23;;/h2-5,7-9,12,14-15,18,25-26H,6H2,1H3,(H,29,30)(H,31,32)(H,33,34)(H2,19,20,21);;/q;2*+1/p-2/t9?,12-,14-,15-,18-;;/m1../s1. The Morgan fingerprint density at radius 2 is 1.73 bits per heavy atom. The van der Waals surface area contributed by atoms with Crippen molar-refractivity contribution in [1.82, 2.24) is 19.5 Å². The van der Waals surface area contributed by atoms with Crippen LogP contribution < -0.4 is 74.6 Å². The number of aliphatic hydroxyl groups excluding tert-OH is 2. The van der Waals surface area contributed by atoms with Crippen LogP contribution in [0.1, 0.15) is 24.8 Å². The monoisotopic (exact) mass is 700 g/mol. The molecule has 0 bridgehead atoms. The first-order valence-corrected chi connectivity index (χ1v) is 15.8. The van der Waals surface area contributed by atoms with Gasteiger partial charge in [0, 0.05) is 6.07 Å². The van der Waals surface area contributed by atoms with Crippen LogP contribution in [0.4, 0.5) is 11.5 Å². The van der Waals surface area contributed by atoms with Gasteiger partial charge in [-0.25, -0.2) is 28.1 Å². The summed E-state index contributed by atoms with van der Waals surface area (Å²) in [5.74, 6) is 0.00984. The Kier molecular flexibility index (Phi) is 13.8. The van der Waals surface area contributed by atoms with Crippen molar-refractivity contribution in [1.29, 1.82) is 0 Å². The maximum atomic E-state index is 12.2. The van der Waals surface area contributed by atoms with Crippen LogP contribution in [-0.4, -0.2) is 64.5 Å². The van der Waals surface area contributed by atoms with Crippen LogP contribution in [0.15, 0.2) is 36.9 Å². The number of aliphatic hydroxyl groups is 2. The van der Waals surface area contributed by atoms with E-state index in [9.17, 15) is 48.7 Å². The average molecular weight is 700 g/mol. The van der Waals surface area contributed by atoms with Crippen LogP contribution in [-0.2, 0) is 36.1 Å². The number of nitro groups is 1.